The van der Waals surface area contributed by atoms with E-state index in [4.69, 9.17) is 4.74 Å². The molecule has 0 spiro atoms. The number of ether oxygens (including phenoxy) is 1. The largest absolute Gasteiger partial charge is 0.445 e. The molecule has 0 aliphatic carbocycles. The molecule has 0 atom stereocenters. The van der Waals surface area contributed by atoms with Gasteiger partial charge in [-0.25, -0.2) is 4.79 Å². The van der Waals surface area contributed by atoms with E-state index in [0.717, 1.165) is 5.56 Å². The molecular weight excluding hydrogens is 358 g/mol. The highest BCUT2D eigenvalue weighted by molar-refractivity contribution is 6.03. The number of carbonyl (C=O) groups is 3. The Balaban J connectivity index is 1.70. The Morgan fingerprint density at radius 2 is 1.64 bits per heavy atom. The van der Waals surface area contributed by atoms with E-state index in [1.165, 1.54) is 4.90 Å². The molecule has 0 radical (unpaired) electrons. The maximum absolute atomic E-state index is 12.2. The molecule has 0 aliphatic heterocycles. The predicted octanol–water partition coefficient (Wildman–Crippen LogP) is 3.03. The lowest BCUT2D eigenvalue weighted by Gasteiger charge is -2.14. The van der Waals surface area contributed by atoms with Crippen molar-refractivity contribution in [2.24, 2.45) is 0 Å². The Hall–Kier alpha value is -3.35. The monoisotopic (exact) mass is 383 g/mol. The molecule has 0 fully saturated rings. The van der Waals surface area contributed by atoms with E-state index in [1.807, 2.05) is 30.3 Å². The topological polar surface area (TPSA) is 87.7 Å². The molecule has 7 heteroatoms. The normalized spacial score (nSPS) is 10.1. The van der Waals surface area contributed by atoms with Crippen LogP contribution in [0.25, 0.3) is 0 Å². The quantitative estimate of drug-likeness (QED) is 0.686. The van der Waals surface area contributed by atoms with Gasteiger partial charge in [0, 0.05) is 27.1 Å². The van der Waals surface area contributed by atoms with Crippen LogP contribution in [0.3, 0.4) is 0 Å². The Morgan fingerprint density at radius 1 is 0.964 bits per heavy atom. The van der Waals surface area contributed by atoms with Crippen molar-refractivity contribution in [3.05, 3.63) is 65.7 Å². The van der Waals surface area contributed by atoms with Crippen LogP contribution in [-0.2, 0) is 16.1 Å². The van der Waals surface area contributed by atoms with Gasteiger partial charge in [-0.05, 0) is 24.1 Å². The third-order valence-corrected chi connectivity index (χ3v) is 3.90. The van der Waals surface area contributed by atoms with Gasteiger partial charge in [0.2, 0.25) is 5.91 Å². The number of anilines is 1. The summed E-state index contributed by atoms with van der Waals surface area (Å²) in [4.78, 5) is 37.4. The van der Waals surface area contributed by atoms with Crippen molar-refractivity contribution in [3.8, 4) is 0 Å². The molecule has 0 saturated carbocycles. The average Bonchev–Trinajstić information content (AvgIpc) is 2.70. The highest BCUT2D eigenvalue weighted by Crippen LogP contribution is 2.16. The van der Waals surface area contributed by atoms with E-state index in [1.54, 1.807) is 38.4 Å². The number of benzene rings is 2. The standard InChI is InChI=1S/C21H25N3O4/c1-24(2)20(26)17-11-6-7-12-18(17)23-19(25)13-8-14-22-21(27)28-15-16-9-4-3-5-10-16/h3-7,9-12H,8,13-15H2,1-2H3,(H,22,27)(H,23,25). The Bertz CT molecular complexity index is 806. The minimum Gasteiger partial charge on any atom is -0.445 e. The summed E-state index contributed by atoms with van der Waals surface area (Å²) in [5.74, 6) is -0.405. The maximum atomic E-state index is 12.2. The van der Waals surface area contributed by atoms with Crippen LogP contribution >= 0.6 is 0 Å². The van der Waals surface area contributed by atoms with Crippen LogP contribution in [0.2, 0.25) is 0 Å². The first-order chi connectivity index (χ1) is 13.5. The molecule has 2 aromatic rings. The molecule has 0 bridgehead atoms. The second kappa shape index (κ2) is 10.7. The van der Waals surface area contributed by atoms with Crippen LogP contribution in [0.1, 0.15) is 28.8 Å². The molecule has 0 aromatic heterocycles. The van der Waals surface area contributed by atoms with E-state index in [9.17, 15) is 14.4 Å². The number of rotatable bonds is 8. The van der Waals surface area contributed by atoms with E-state index >= 15 is 0 Å². The second-order valence-corrected chi connectivity index (χ2v) is 6.39. The SMILES string of the molecule is CN(C)C(=O)c1ccccc1NC(=O)CCCNC(=O)OCc1ccccc1. The number of hydrogen-bond donors (Lipinski definition) is 2. The third kappa shape index (κ3) is 6.75. The molecule has 0 aliphatic rings. The van der Waals surface area contributed by atoms with Crippen molar-refractivity contribution in [3.63, 3.8) is 0 Å². The van der Waals surface area contributed by atoms with Crippen molar-refractivity contribution in [1.29, 1.82) is 0 Å². The smallest absolute Gasteiger partial charge is 0.407 e. The van der Waals surface area contributed by atoms with Crippen LogP contribution in [0.5, 0.6) is 0 Å². The first kappa shape index (κ1) is 21.0. The maximum Gasteiger partial charge on any atom is 0.407 e. The van der Waals surface area contributed by atoms with Crippen LogP contribution < -0.4 is 10.6 Å². The number of nitrogens with zero attached hydrogens (tertiary/aromatic N) is 1. The first-order valence-corrected chi connectivity index (χ1v) is 9.02. The number of carbonyl (C=O) groups excluding carboxylic acids is 3. The summed E-state index contributed by atoms with van der Waals surface area (Å²) in [6.07, 6.45) is 0.144. The molecule has 148 valence electrons. The number of para-hydroxylation sites is 1. The fraction of sp³-hybridized carbons (Fsp3) is 0.286. The lowest BCUT2D eigenvalue weighted by Crippen LogP contribution is -2.26. The van der Waals surface area contributed by atoms with Gasteiger partial charge in [-0.3, -0.25) is 9.59 Å². The highest BCUT2D eigenvalue weighted by atomic mass is 16.5. The number of alkyl carbamates (subject to hydrolysis) is 1. The van der Waals surface area contributed by atoms with Crippen LogP contribution in [-0.4, -0.2) is 43.4 Å². The molecular formula is C21H25N3O4. The molecule has 3 amide bonds. The zero-order valence-corrected chi connectivity index (χ0v) is 16.1. The summed E-state index contributed by atoms with van der Waals surface area (Å²) in [7, 11) is 3.31. The second-order valence-electron chi connectivity index (χ2n) is 6.39. The summed E-state index contributed by atoms with van der Waals surface area (Å²) in [5.41, 5.74) is 1.81. The van der Waals surface area contributed by atoms with E-state index in [0.29, 0.717) is 24.2 Å². The van der Waals surface area contributed by atoms with Crippen LogP contribution in [0, 0.1) is 0 Å². The summed E-state index contributed by atoms with van der Waals surface area (Å²) in [6, 6.07) is 16.2. The number of nitrogens with one attached hydrogen (secondary N) is 2. The summed E-state index contributed by atoms with van der Waals surface area (Å²) in [5, 5.41) is 5.37. The van der Waals surface area contributed by atoms with Gasteiger partial charge >= 0.3 is 6.09 Å². The Labute approximate surface area is 164 Å². The Morgan fingerprint density at radius 3 is 2.36 bits per heavy atom. The first-order valence-electron chi connectivity index (χ1n) is 9.02. The van der Waals surface area contributed by atoms with Gasteiger partial charge in [0.05, 0.1) is 11.3 Å². The lowest BCUT2D eigenvalue weighted by atomic mass is 10.1. The average molecular weight is 383 g/mol. The summed E-state index contributed by atoms with van der Waals surface area (Å²) in [6.45, 7) is 0.517. The van der Waals surface area contributed by atoms with E-state index in [-0.39, 0.29) is 24.8 Å². The van der Waals surface area contributed by atoms with Gasteiger partial charge < -0.3 is 20.3 Å². The number of amides is 3. The van der Waals surface area contributed by atoms with E-state index < -0.39 is 6.09 Å². The van der Waals surface area contributed by atoms with Gasteiger partial charge in [-0.1, -0.05) is 42.5 Å². The predicted molar refractivity (Wildman–Crippen MR) is 107 cm³/mol. The number of hydrogen-bond acceptors (Lipinski definition) is 4. The van der Waals surface area contributed by atoms with Crippen LogP contribution in [0.15, 0.2) is 54.6 Å². The fourth-order valence-electron chi connectivity index (χ4n) is 2.45. The molecule has 2 rings (SSSR count). The Kier molecular flexibility index (Phi) is 8.02. The minimum absolute atomic E-state index is 0.182. The molecule has 0 saturated heterocycles. The molecule has 0 heterocycles. The van der Waals surface area contributed by atoms with Crippen molar-refractivity contribution in [1.82, 2.24) is 10.2 Å². The molecule has 2 aromatic carbocycles. The summed E-state index contributed by atoms with van der Waals surface area (Å²) >= 11 is 0. The van der Waals surface area contributed by atoms with E-state index in [2.05, 4.69) is 10.6 Å². The van der Waals surface area contributed by atoms with Gasteiger partial charge in [0.1, 0.15) is 6.61 Å². The zero-order valence-electron chi connectivity index (χ0n) is 16.1. The van der Waals surface area contributed by atoms with Crippen molar-refractivity contribution >= 4 is 23.6 Å². The zero-order chi connectivity index (χ0) is 20.4. The highest BCUT2D eigenvalue weighted by Gasteiger charge is 2.14. The third-order valence-electron chi connectivity index (χ3n) is 3.90. The van der Waals surface area contributed by atoms with Gasteiger partial charge in [-0.15, -0.1) is 0 Å². The molecule has 2 N–H and O–H groups in total. The van der Waals surface area contributed by atoms with Gasteiger partial charge in [0.25, 0.3) is 5.91 Å². The van der Waals surface area contributed by atoms with Crippen molar-refractivity contribution in [2.45, 2.75) is 19.4 Å². The lowest BCUT2D eigenvalue weighted by molar-refractivity contribution is -0.116. The molecule has 0 unspecified atom stereocenters. The van der Waals surface area contributed by atoms with Crippen molar-refractivity contribution in [2.75, 3.05) is 26.0 Å². The minimum atomic E-state index is -0.522. The van der Waals surface area contributed by atoms with Gasteiger partial charge in [0.15, 0.2) is 0 Å². The summed E-state index contributed by atoms with van der Waals surface area (Å²) < 4.78 is 5.10. The van der Waals surface area contributed by atoms with Gasteiger partial charge in [-0.2, -0.15) is 0 Å². The van der Waals surface area contributed by atoms with Crippen LogP contribution in [0.4, 0.5) is 10.5 Å². The fourth-order valence-corrected chi connectivity index (χ4v) is 2.45. The van der Waals surface area contributed by atoms with Crippen molar-refractivity contribution < 1.29 is 19.1 Å². The molecule has 28 heavy (non-hydrogen) atoms. The molecule has 7 nitrogen and oxygen atoms in total.